The van der Waals surface area contributed by atoms with Crippen LogP contribution in [0.3, 0.4) is 0 Å². The largest absolute Gasteiger partial charge is 0.395 e. The van der Waals surface area contributed by atoms with Crippen LogP contribution in [-0.2, 0) is 4.74 Å². The molecule has 1 saturated heterocycles. The highest BCUT2D eigenvalue weighted by Gasteiger charge is 2.25. The first-order valence-electron chi connectivity index (χ1n) is 5.33. The van der Waals surface area contributed by atoms with Crippen LogP contribution >= 0.6 is 0 Å². The maximum absolute atomic E-state index is 13.3. The maximum atomic E-state index is 13.3. The van der Waals surface area contributed by atoms with Gasteiger partial charge >= 0.3 is 0 Å². The van der Waals surface area contributed by atoms with E-state index in [2.05, 4.69) is 0 Å². The predicted octanol–water partition coefficient (Wildman–Crippen LogP) is 0.744. The van der Waals surface area contributed by atoms with E-state index in [4.69, 9.17) is 10.5 Å². The lowest BCUT2D eigenvalue weighted by molar-refractivity contribution is 0.0727. The molecule has 1 atom stereocenters. The molecule has 3 N–H and O–H groups in total. The molecular weight excluding hydrogens is 230 g/mol. The molecule has 1 aromatic rings. The molecule has 0 radical (unpaired) electrons. The Kier molecular flexibility index (Phi) is 3.44. The molecule has 0 amide bonds. The van der Waals surface area contributed by atoms with Gasteiger partial charge in [-0.15, -0.1) is 0 Å². The predicted molar refractivity (Wildman–Crippen MR) is 59.8 cm³/mol. The number of nitrogens with zero attached hydrogens (tertiary/aromatic N) is 1. The van der Waals surface area contributed by atoms with Crippen LogP contribution in [0, 0.1) is 11.6 Å². The molecular formula is C11H14F2N2O2. The first-order chi connectivity index (χ1) is 8.13. The summed E-state index contributed by atoms with van der Waals surface area (Å²) in [7, 11) is 0. The van der Waals surface area contributed by atoms with E-state index in [1.165, 1.54) is 6.07 Å². The second-order valence-electron chi connectivity index (χ2n) is 3.93. The highest BCUT2D eigenvalue weighted by Crippen LogP contribution is 2.29. The molecule has 0 aromatic heterocycles. The molecule has 17 heavy (non-hydrogen) atoms. The van der Waals surface area contributed by atoms with Gasteiger partial charge in [0, 0.05) is 12.6 Å². The monoisotopic (exact) mass is 244 g/mol. The van der Waals surface area contributed by atoms with Crippen molar-refractivity contribution in [2.75, 3.05) is 37.0 Å². The van der Waals surface area contributed by atoms with Crippen molar-refractivity contribution in [1.29, 1.82) is 0 Å². The Morgan fingerprint density at radius 3 is 2.94 bits per heavy atom. The van der Waals surface area contributed by atoms with E-state index < -0.39 is 11.6 Å². The molecule has 0 aliphatic carbocycles. The average molecular weight is 244 g/mol. The van der Waals surface area contributed by atoms with Crippen molar-refractivity contribution in [2.45, 2.75) is 6.04 Å². The number of hydrogen-bond acceptors (Lipinski definition) is 4. The molecule has 0 spiro atoms. The van der Waals surface area contributed by atoms with E-state index >= 15 is 0 Å². The summed E-state index contributed by atoms with van der Waals surface area (Å²) in [6, 6.07) is 1.59. The fourth-order valence-corrected chi connectivity index (χ4v) is 1.93. The van der Waals surface area contributed by atoms with Crippen LogP contribution in [0.2, 0.25) is 0 Å². The number of nitrogens with two attached hydrogens (primary N) is 1. The van der Waals surface area contributed by atoms with E-state index in [0.717, 1.165) is 6.07 Å². The number of hydrogen-bond donors (Lipinski definition) is 2. The van der Waals surface area contributed by atoms with Crippen LogP contribution in [0.15, 0.2) is 12.1 Å². The van der Waals surface area contributed by atoms with Gasteiger partial charge in [-0.3, -0.25) is 0 Å². The number of anilines is 2. The normalized spacial score (nSPS) is 20.6. The Morgan fingerprint density at radius 2 is 2.24 bits per heavy atom. The third kappa shape index (κ3) is 2.32. The number of aliphatic hydroxyl groups is 1. The van der Waals surface area contributed by atoms with Gasteiger partial charge in [0.05, 0.1) is 37.2 Å². The summed E-state index contributed by atoms with van der Waals surface area (Å²) in [4.78, 5) is 1.67. The van der Waals surface area contributed by atoms with Gasteiger partial charge in [0.15, 0.2) is 5.82 Å². The molecule has 1 unspecified atom stereocenters. The van der Waals surface area contributed by atoms with E-state index in [1.807, 2.05) is 0 Å². The van der Waals surface area contributed by atoms with Gasteiger partial charge in [-0.2, -0.15) is 0 Å². The third-order valence-corrected chi connectivity index (χ3v) is 2.82. The Morgan fingerprint density at radius 1 is 1.47 bits per heavy atom. The first kappa shape index (κ1) is 12.1. The van der Waals surface area contributed by atoms with Crippen molar-refractivity contribution in [3.8, 4) is 0 Å². The number of nitrogen functional groups attached to an aromatic ring is 1. The minimum atomic E-state index is -0.789. The zero-order valence-corrected chi connectivity index (χ0v) is 9.20. The van der Waals surface area contributed by atoms with E-state index in [0.29, 0.717) is 19.8 Å². The Balaban J connectivity index is 2.37. The van der Waals surface area contributed by atoms with Crippen LogP contribution in [0.5, 0.6) is 0 Å². The summed E-state index contributed by atoms with van der Waals surface area (Å²) in [6.07, 6.45) is 0. The van der Waals surface area contributed by atoms with Crippen LogP contribution in [0.1, 0.15) is 0 Å². The number of morpholine rings is 1. The van der Waals surface area contributed by atoms with Crippen LogP contribution in [-0.4, -0.2) is 37.5 Å². The summed E-state index contributed by atoms with van der Waals surface area (Å²) in [5, 5.41) is 9.20. The van der Waals surface area contributed by atoms with Gasteiger partial charge in [-0.25, -0.2) is 8.78 Å². The van der Waals surface area contributed by atoms with Gasteiger partial charge in [0.2, 0.25) is 0 Å². The van der Waals surface area contributed by atoms with Crippen molar-refractivity contribution < 1.29 is 18.6 Å². The van der Waals surface area contributed by atoms with Gasteiger partial charge in [-0.05, 0) is 6.07 Å². The van der Waals surface area contributed by atoms with Crippen LogP contribution in [0.4, 0.5) is 20.2 Å². The number of aliphatic hydroxyl groups excluding tert-OH is 1. The topological polar surface area (TPSA) is 58.7 Å². The Bertz CT molecular complexity index is 415. The second-order valence-corrected chi connectivity index (χ2v) is 3.93. The number of ether oxygens (including phenoxy) is 1. The summed E-state index contributed by atoms with van der Waals surface area (Å²) in [6.45, 7) is 1.04. The van der Waals surface area contributed by atoms with Gasteiger partial charge < -0.3 is 20.5 Å². The molecule has 1 aromatic carbocycles. The van der Waals surface area contributed by atoms with Gasteiger partial charge in [0.1, 0.15) is 5.82 Å². The summed E-state index contributed by atoms with van der Waals surface area (Å²) in [5.41, 5.74) is 5.76. The van der Waals surface area contributed by atoms with Crippen LogP contribution < -0.4 is 10.6 Å². The molecule has 1 fully saturated rings. The van der Waals surface area contributed by atoms with Crippen molar-refractivity contribution in [3.63, 3.8) is 0 Å². The summed E-state index contributed by atoms with van der Waals surface area (Å²) < 4.78 is 31.7. The fourth-order valence-electron chi connectivity index (χ4n) is 1.93. The van der Waals surface area contributed by atoms with Crippen molar-refractivity contribution in [1.82, 2.24) is 0 Å². The highest BCUT2D eigenvalue weighted by molar-refractivity contribution is 5.69. The van der Waals surface area contributed by atoms with Crippen molar-refractivity contribution in [2.24, 2.45) is 0 Å². The van der Waals surface area contributed by atoms with Crippen molar-refractivity contribution in [3.05, 3.63) is 23.8 Å². The standard InChI is InChI=1S/C11H14F2N2O2/c12-7-3-9(13)11(14)10(4-7)15-1-2-17-6-8(15)5-16/h3-4,8,16H,1-2,5-6,14H2. The molecule has 0 bridgehead atoms. The SMILES string of the molecule is Nc1c(F)cc(F)cc1N1CCOCC1CO. The minimum absolute atomic E-state index is 0.105. The molecule has 6 heteroatoms. The lowest BCUT2D eigenvalue weighted by Crippen LogP contribution is -2.48. The molecule has 1 aliphatic rings. The molecule has 94 valence electrons. The molecule has 0 saturated carbocycles. The van der Waals surface area contributed by atoms with E-state index in [1.54, 1.807) is 4.90 Å². The third-order valence-electron chi connectivity index (χ3n) is 2.82. The fraction of sp³-hybridized carbons (Fsp3) is 0.455. The maximum Gasteiger partial charge on any atom is 0.151 e. The zero-order chi connectivity index (χ0) is 12.4. The lowest BCUT2D eigenvalue weighted by Gasteiger charge is -2.36. The second kappa shape index (κ2) is 4.85. The Hall–Kier alpha value is -1.40. The first-order valence-corrected chi connectivity index (χ1v) is 5.33. The van der Waals surface area contributed by atoms with E-state index in [9.17, 15) is 13.9 Å². The zero-order valence-electron chi connectivity index (χ0n) is 9.20. The number of benzene rings is 1. The lowest BCUT2D eigenvalue weighted by atomic mass is 10.1. The van der Waals surface area contributed by atoms with Gasteiger partial charge in [-0.1, -0.05) is 0 Å². The highest BCUT2D eigenvalue weighted by atomic mass is 19.1. The summed E-state index contributed by atoms with van der Waals surface area (Å²) >= 11 is 0. The smallest absolute Gasteiger partial charge is 0.151 e. The number of rotatable bonds is 2. The van der Waals surface area contributed by atoms with Gasteiger partial charge in [0.25, 0.3) is 0 Å². The number of halogens is 2. The Labute approximate surface area is 97.6 Å². The molecule has 1 aliphatic heterocycles. The van der Waals surface area contributed by atoms with Crippen molar-refractivity contribution >= 4 is 11.4 Å². The summed E-state index contributed by atoms with van der Waals surface area (Å²) in [5.74, 6) is -1.47. The van der Waals surface area contributed by atoms with E-state index in [-0.39, 0.29) is 24.0 Å². The minimum Gasteiger partial charge on any atom is -0.395 e. The molecule has 2 rings (SSSR count). The molecule has 4 nitrogen and oxygen atoms in total. The molecule has 1 heterocycles. The quantitative estimate of drug-likeness (QED) is 0.753. The van der Waals surface area contributed by atoms with Crippen LogP contribution in [0.25, 0.3) is 0 Å². The average Bonchev–Trinajstić information content (AvgIpc) is 2.33.